The van der Waals surface area contributed by atoms with Crippen molar-refractivity contribution in [2.24, 2.45) is 0 Å². The number of hydrogen-bond donors (Lipinski definition) is 0. The van der Waals surface area contributed by atoms with E-state index in [1.807, 2.05) is 26.0 Å². The number of aromatic nitrogens is 1. The number of likely N-dealkylation sites (tertiary alicyclic amines) is 1. The zero-order valence-electron chi connectivity index (χ0n) is 15.2. The van der Waals surface area contributed by atoms with E-state index in [0.717, 1.165) is 18.4 Å². The van der Waals surface area contributed by atoms with E-state index in [1.165, 1.54) is 18.3 Å². The summed E-state index contributed by atoms with van der Waals surface area (Å²) in [4.78, 5) is 18.8. The molecule has 2 aromatic rings. The highest BCUT2D eigenvalue weighted by molar-refractivity contribution is 6.42. The van der Waals surface area contributed by atoms with Crippen LogP contribution in [0.15, 0.2) is 30.5 Å². The second-order valence-corrected chi connectivity index (χ2v) is 7.63. The van der Waals surface area contributed by atoms with E-state index < -0.39 is 0 Å². The molecule has 0 N–H and O–H groups in total. The largest absolute Gasteiger partial charge is 0.488 e. The van der Waals surface area contributed by atoms with Crippen LogP contribution in [0.1, 0.15) is 48.5 Å². The Hall–Kier alpha value is -1.85. The maximum absolute atomic E-state index is 13.1. The molecular weight excluding hydrogens is 390 g/mol. The summed E-state index contributed by atoms with van der Waals surface area (Å²) in [7, 11) is 0. The predicted molar refractivity (Wildman–Crippen MR) is 104 cm³/mol. The summed E-state index contributed by atoms with van der Waals surface area (Å²) >= 11 is 12.2. The SMILES string of the molecule is CC(C)Oc1c(C(=O)N2CCC(c3ccc(F)cc3)CC2)cnc(Cl)c1Cl. The molecule has 0 spiro atoms. The molecule has 0 atom stereocenters. The fourth-order valence-electron chi connectivity index (χ4n) is 3.27. The van der Waals surface area contributed by atoms with Gasteiger partial charge in [0, 0.05) is 19.3 Å². The van der Waals surface area contributed by atoms with Crippen molar-refractivity contribution in [1.29, 1.82) is 0 Å². The van der Waals surface area contributed by atoms with Crippen molar-refractivity contribution < 1.29 is 13.9 Å². The van der Waals surface area contributed by atoms with Gasteiger partial charge in [-0.05, 0) is 50.3 Å². The Kier molecular flexibility index (Phi) is 6.22. The lowest BCUT2D eigenvalue weighted by atomic mass is 9.89. The van der Waals surface area contributed by atoms with E-state index in [-0.39, 0.29) is 33.8 Å². The van der Waals surface area contributed by atoms with Crippen molar-refractivity contribution in [3.05, 3.63) is 57.6 Å². The molecule has 7 heteroatoms. The topological polar surface area (TPSA) is 42.4 Å². The van der Waals surface area contributed by atoms with Crippen LogP contribution in [-0.2, 0) is 0 Å². The van der Waals surface area contributed by atoms with Crippen molar-refractivity contribution in [3.63, 3.8) is 0 Å². The van der Waals surface area contributed by atoms with Crippen LogP contribution in [0.4, 0.5) is 4.39 Å². The maximum atomic E-state index is 13.1. The van der Waals surface area contributed by atoms with Crippen molar-refractivity contribution in [2.75, 3.05) is 13.1 Å². The summed E-state index contributed by atoms with van der Waals surface area (Å²) in [6.07, 6.45) is 2.89. The average Bonchev–Trinajstić information content (AvgIpc) is 2.66. The number of amides is 1. The first-order valence-electron chi connectivity index (χ1n) is 8.92. The third-order valence-electron chi connectivity index (χ3n) is 4.64. The van der Waals surface area contributed by atoms with Gasteiger partial charge in [0.05, 0.1) is 6.10 Å². The molecule has 0 bridgehead atoms. The van der Waals surface area contributed by atoms with Gasteiger partial charge in [0.1, 0.15) is 16.4 Å². The number of benzene rings is 1. The van der Waals surface area contributed by atoms with E-state index >= 15 is 0 Å². The number of piperidine rings is 1. The number of carbonyl (C=O) groups is 1. The predicted octanol–water partition coefficient (Wildman–Crippen LogP) is 5.33. The summed E-state index contributed by atoms with van der Waals surface area (Å²) < 4.78 is 18.8. The molecular formula is C20H21Cl2FN2O2. The van der Waals surface area contributed by atoms with Crippen LogP contribution < -0.4 is 4.74 Å². The normalized spacial score (nSPS) is 15.3. The summed E-state index contributed by atoms with van der Waals surface area (Å²) in [6.45, 7) is 4.91. The van der Waals surface area contributed by atoms with E-state index in [2.05, 4.69) is 4.98 Å². The van der Waals surface area contributed by atoms with Crippen LogP contribution in [0.2, 0.25) is 10.2 Å². The zero-order valence-corrected chi connectivity index (χ0v) is 16.7. The van der Waals surface area contributed by atoms with Crippen LogP contribution in [0, 0.1) is 5.82 Å². The molecule has 144 valence electrons. The Morgan fingerprint density at radius 2 is 1.85 bits per heavy atom. The molecule has 1 aliphatic heterocycles. The lowest BCUT2D eigenvalue weighted by molar-refractivity contribution is 0.0706. The van der Waals surface area contributed by atoms with Crippen LogP contribution in [0.25, 0.3) is 0 Å². The molecule has 4 nitrogen and oxygen atoms in total. The molecule has 3 rings (SSSR count). The number of ether oxygens (including phenoxy) is 1. The molecule has 1 saturated heterocycles. The monoisotopic (exact) mass is 410 g/mol. The Morgan fingerprint density at radius 3 is 2.44 bits per heavy atom. The van der Waals surface area contributed by atoms with Gasteiger partial charge in [0.15, 0.2) is 10.9 Å². The molecule has 0 aliphatic carbocycles. The Labute approximate surface area is 168 Å². The Balaban J connectivity index is 1.74. The maximum Gasteiger partial charge on any atom is 0.259 e. The van der Waals surface area contributed by atoms with Gasteiger partial charge in [-0.25, -0.2) is 9.37 Å². The minimum Gasteiger partial charge on any atom is -0.488 e. The lowest BCUT2D eigenvalue weighted by Crippen LogP contribution is -2.38. The minimum atomic E-state index is -0.240. The van der Waals surface area contributed by atoms with Gasteiger partial charge in [-0.2, -0.15) is 0 Å². The Bertz CT molecular complexity index is 819. The number of carbonyl (C=O) groups excluding carboxylic acids is 1. The molecule has 0 radical (unpaired) electrons. The highest BCUT2D eigenvalue weighted by atomic mass is 35.5. The third kappa shape index (κ3) is 4.53. The molecule has 0 saturated carbocycles. The lowest BCUT2D eigenvalue weighted by Gasteiger charge is -2.32. The molecule has 1 aromatic carbocycles. The van der Waals surface area contributed by atoms with E-state index in [0.29, 0.717) is 24.6 Å². The van der Waals surface area contributed by atoms with E-state index in [4.69, 9.17) is 27.9 Å². The number of nitrogens with zero attached hydrogens (tertiary/aromatic N) is 2. The molecule has 2 heterocycles. The molecule has 1 amide bonds. The Morgan fingerprint density at radius 1 is 1.22 bits per heavy atom. The first-order chi connectivity index (χ1) is 12.9. The van der Waals surface area contributed by atoms with Gasteiger partial charge in [-0.15, -0.1) is 0 Å². The second-order valence-electron chi connectivity index (χ2n) is 6.89. The van der Waals surface area contributed by atoms with Gasteiger partial charge in [-0.3, -0.25) is 4.79 Å². The molecule has 0 unspecified atom stereocenters. The van der Waals surface area contributed by atoms with Crippen molar-refractivity contribution >= 4 is 29.1 Å². The first-order valence-corrected chi connectivity index (χ1v) is 9.67. The number of pyridine rings is 1. The summed E-state index contributed by atoms with van der Waals surface area (Å²) in [6, 6.07) is 6.58. The van der Waals surface area contributed by atoms with Crippen LogP contribution in [0.3, 0.4) is 0 Å². The fraction of sp³-hybridized carbons (Fsp3) is 0.400. The minimum absolute atomic E-state index is 0.110. The highest BCUT2D eigenvalue weighted by Crippen LogP contribution is 2.36. The van der Waals surface area contributed by atoms with Crippen LogP contribution in [0.5, 0.6) is 5.75 Å². The number of halogens is 3. The third-order valence-corrected chi connectivity index (χ3v) is 5.37. The fourth-order valence-corrected chi connectivity index (χ4v) is 3.60. The van der Waals surface area contributed by atoms with Gasteiger partial charge in [0.25, 0.3) is 5.91 Å². The van der Waals surface area contributed by atoms with Gasteiger partial charge < -0.3 is 9.64 Å². The number of hydrogen-bond acceptors (Lipinski definition) is 3. The summed E-state index contributed by atoms with van der Waals surface area (Å²) in [5, 5.41) is 0.260. The summed E-state index contributed by atoms with van der Waals surface area (Å²) in [5.41, 5.74) is 1.42. The van der Waals surface area contributed by atoms with Crippen LogP contribution >= 0.6 is 23.2 Å². The van der Waals surface area contributed by atoms with Crippen LogP contribution in [-0.4, -0.2) is 35.0 Å². The quantitative estimate of drug-likeness (QED) is 0.639. The van der Waals surface area contributed by atoms with Gasteiger partial charge in [0.2, 0.25) is 0 Å². The van der Waals surface area contributed by atoms with Crippen molar-refractivity contribution in [3.8, 4) is 5.75 Å². The smallest absolute Gasteiger partial charge is 0.259 e. The molecule has 1 fully saturated rings. The summed E-state index contributed by atoms with van der Waals surface area (Å²) in [5.74, 6) is 0.177. The van der Waals surface area contributed by atoms with E-state index in [1.54, 1.807) is 4.90 Å². The molecule has 1 aromatic heterocycles. The highest BCUT2D eigenvalue weighted by Gasteiger charge is 2.28. The average molecular weight is 411 g/mol. The second kappa shape index (κ2) is 8.44. The molecule has 27 heavy (non-hydrogen) atoms. The number of rotatable bonds is 4. The standard InChI is InChI=1S/C20H21Cl2FN2O2/c1-12(2)27-18-16(11-24-19(22)17(18)21)20(26)25-9-7-14(8-10-25)13-3-5-15(23)6-4-13/h3-6,11-12,14H,7-10H2,1-2H3. The van der Waals surface area contributed by atoms with Crippen molar-refractivity contribution in [1.82, 2.24) is 9.88 Å². The zero-order chi connectivity index (χ0) is 19.6. The van der Waals surface area contributed by atoms with E-state index in [9.17, 15) is 9.18 Å². The van der Waals surface area contributed by atoms with Gasteiger partial charge in [-0.1, -0.05) is 35.3 Å². The van der Waals surface area contributed by atoms with Gasteiger partial charge >= 0.3 is 0 Å². The van der Waals surface area contributed by atoms with Crippen molar-refractivity contribution in [2.45, 2.75) is 38.7 Å². The molecule has 1 aliphatic rings. The first kappa shape index (κ1) is 19.9.